The van der Waals surface area contributed by atoms with Crippen LogP contribution in [0.4, 0.5) is 19.1 Å². The van der Waals surface area contributed by atoms with E-state index < -0.39 is 11.9 Å². The Hall–Kier alpha value is -1.04. The van der Waals surface area contributed by atoms with Crippen molar-refractivity contribution in [3.05, 3.63) is 18.0 Å². The van der Waals surface area contributed by atoms with Crippen LogP contribution >= 0.6 is 11.6 Å². The van der Waals surface area contributed by atoms with E-state index in [0.29, 0.717) is 24.3 Å². The van der Waals surface area contributed by atoms with Gasteiger partial charge in [0, 0.05) is 18.6 Å². The Morgan fingerprint density at radius 1 is 1.32 bits per heavy atom. The first-order valence-corrected chi connectivity index (χ1v) is 6.74. The molecule has 106 valence electrons. The predicted octanol–water partition coefficient (Wildman–Crippen LogP) is 3.56. The first-order chi connectivity index (χ1) is 9.00. The Morgan fingerprint density at radius 3 is 2.74 bits per heavy atom. The third kappa shape index (κ3) is 3.72. The fourth-order valence-electron chi connectivity index (χ4n) is 2.41. The molecule has 0 radical (unpaired) electrons. The number of aromatic nitrogens is 2. The van der Waals surface area contributed by atoms with Crippen molar-refractivity contribution in [1.29, 1.82) is 0 Å². The largest absolute Gasteiger partial charge is 0.433 e. The Labute approximate surface area is 114 Å². The van der Waals surface area contributed by atoms with Crippen molar-refractivity contribution in [3.63, 3.8) is 0 Å². The number of hydrogen-bond acceptors (Lipinski definition) is 3. The van der Waals surface area contributed by atoms with E-state index >= 15 is 0 Å². The molecule has 1 aromatic heterocycles. The van der Waals surface area contributed by atoms with Crippen molar-refractivity contribution in [1.82, 2.24) is 9.97 Å². The van der Waals surface area contributed by atoms with Gasteiger partial charge in [-0.05, 0) is 30.7 Å². The molecule has 0 aromatic carbocycles. The molecule has 0 aliphatic heterocycles. The summed E-state index contributed by atoms with van der Waals surface area (Å²) in [6.45, 7) is 0.568. The topological polar surface area (TPSA) is 37.8 Å². The van der Waals surface area contributed by atoms with Crippen molar-refractivity contribution in [2.24, 2.45) is 11.8 Å². The van der Waals surface area contributed by atoms with E-state index in [2.05, 4.69) is 15.3 Å². The summed E-state index contributed by atoms with van der Waals surface area (Å²) in [5.41, 5.74) is -0.926. The molecule has 1 saturated carbocycles. The molecule has 0 saturated heterocycles. The number of alkyl halides is 4. The molecule has 3 nitrogen and oxygen atoms in total. The third-order valence-electron chi connectivity index (χ3n) is 3.48. The zero-order chi connectivity index (χ0) is 13.9. The lowest BCUT2D eigenvalue weighted by Gasteiger charge is -2.17. The predicted molar refractivity (Wildman–Crippen MR) is 67.1 cm³/mol. The van der Waals surface area contributed by atoms with Crippen LogP contribution in [0.15, 0.2) is 12.3 Å². The summed E-state index contributed by atoms with van der Waals surface area (Å²) in [5, 5.41) is 2.88. The molecular formula is C12H15ClF3N3. The van der Waals surface area contributed by atoms with Gasteiger partial charge in [0.05, 0.1) is 0 Å². The molecule has 2 atom stereocenters. The van der Waals surface area contributed by atoms with Gasteiger partial charge >= 0.3 is 6.18 Å². The fraction of sp³-hybridized carbons (Fsp3) is 0.667. The first kappa shape index (κ1) is 14.4. The van der Waals surface area contributed by atoms with Crippen LogP contribution in [-0.4, -0.2) is 22.4 Å². The van der Waals surface area contributed by atoms with Gasteiger partial charge in [0.25, 0.3) is 0 Å². The van der Waals surface area contributed by atoms with E-state index in [1.165, 1.54) is 0 Å². The van der Waals surface area contributed by atoms with Gasteiger partial charge in [-0.15, -0.1) is 11.6 Å². The summed E-state index contributed by atoms with van der Waals surface area (Å²) in [7, 11) is 0. The maximum absolute atomic E-state index is 12.5. The third-order valence-corrected chi connectivity index (χ3v) is 3.88. The highest BCUT2D eigenvalue weighted by Crippen LogP contribution is 2.32. The molecule has 0 bridgehead atoms. The van der Waals surface area contributed by atoms with E-state index in [0.717, 1.165) is 31.5 Å². The average Bonchev–Trinajstić information content (AvgIpc) is 2.83. The Kier molecular flexibility index (Phi) is 4.50. The van der Waals surface area contributed by atoms with E-state index in [-0.39, 0.29) is 5.95 Å². The van der Waals surface area contributed by atoms with Crippen molar-refractivity contribution in [3.8, 4) is 0 Å². The van der Waals surface area contributed by atoms with Crippen LogP contribution in [-0.2, 0) is 6.18 Å². The zero-order valence-electron chi connectivity index (χ0n) is 10.3. The number of hydrogen-bond donors (Lipinski definition) is 1. The highest BCUT2D eigenvalue weighted by molar-refractivity contribution is 6.18. The maximum Gasteiger partial charge on any atom is 0.433 e. The van der Waals surface area contributed by atoms with E-state index in [4.69, 9.17) is 11.6 Å². The first-order valence-electron chi connectivity index (χ1n) is 6.21. The molecular weight excluding hydrogens is 279 g/mol. The molecule has 0 amide bonds. The summed E-state index contributed by atoms with van der Waals surface area (Å²) >= 11 is 5.86. The molecule has 1 aromatic rings. The summed E-state index contributed by atoms with van der Waals surface area (Å²) in [5.74, 6) is 1.43. The monoisotopic (exact) mass is 293 g/mol. The lowest BCUT2D eigenvalue weighted by molar-refractivity contribution is -0.141. The van der Waals surface area contributed by atoms with Gasteiger partial charge in [0.15, 0.2) is 0 Å². The van der Waals surface area contributed by atoms with Gasteiger partial charge in [0.1, 0.15) is 5.69 Å². The lowest BCUT2D eigenvalue weighted by Crippen LogP contribution is -2.21. The van der Waals surface area contributed by atoms with Crippen molar-refractivity contribution < 1.29 is 13.2 Å². The van der Waals surface area contributed by atoms with Gasteiger partial charge in [-0.3, -0.25) is 0 Å². The van der Waals surface area contributed by atoms with Crippen LogP contribution in [0.5, 0.6) is 0 Å². The second-order valence-corrected chi connectivity index (χ2v) is 5.06. The highest BCUT2D eigenvalue weighted by Gasteiger charge is 2.33. The summed E-state index contributed by atoms with van der Waals surface area (Å²) in [4.78, 5) is 7.29. The molecule has 7 heteroatoms. The standard InChI is InChI=1S/C12H15ClF3N3/c13-6-8-2-1-3-9(8)7-18-11-17-5-4-10(19-11)12(14,15)16/h4-5,8-9H,1-3,6-7H2,(H,17,18,19). The van der Waals surface area contributed by atoms with Crippen LogP contribution < -0.4 is 5.32 Å². The van der Waals surface area contributed by atoms with Crippen LogP contribution in [0.1, 0.15) is 25.0 Å². The van der Waals surface area contributed by atoms with Crippen LogP contribution in [0.25, 0.3) is 0 Å². The molecule has 2 rings (SSSR count). The van der Waals surface area contributed by atoms with Crippen molar-refractivity contribution in [2.75, 3.05) is 17.7 Å². The second kappa shape index (κ2) is 5.94. The Balaban J connectivity index is 1.96. The van der Waals surface area contributed by atoms with E-state index in [1.807, 2.05) is 0 Å². The maximum atomic E-state index is 12.5. The molecule has 1 N–H and O–H groups in total. The Morgan fingerprint density at radius 2 is 2.05 bits per heavy atom. The molecule has 1 aliphatic rings. The van der Waals surface area contributed by atoms with Crippen LogP contribution in [0.3, 0.4) is 0 Å². The van der Waals surface area contributed by atoms with Gasteiger partial charge < -0.3 is 5.32 Å². The molecule has 1 fully saturated rings. The Bertz CT molecular complexity index is 425. The molecule has 1 aliphatic carbocycles. The lowest BCUT2D eigenvalue weighted by atomic mass is 9.98. The van der Waals surface area contributed by atoms with Crippen molar-refractivity contribution in [2.45, 2.75) is 25.4 Å². The smallest absolute Gasteiger partial charge is 0.354 e. The van der Waals surface area contributed by atoms with E-state index in [9.17, 15) is 13.2 Å². The highest BCUT2D eigenvalue weighted by atomic mass is 35.5. The van der Waals surface area contributed by atoms with Crippen molar-refractivity contribution >= 4 is 17.5 Å². The van der Waals surface area contributed by atoms with Gasteiger partial charge in [-0.25, -0.2) is 9.97 Å². The summed E-state index contributed by atoms with van der Waals surface area (Å²) in [6.07, 6.45) is -0.0763. The number of anilines is 1. The second-order valence-electron chi connectivity index (χ2n) is 4.75. The summed E-state index contributed by atoms with van der Waals surface area (Å²) in [6, 6.07) is 0.863. The quantitative estimate of drug-likeness (QED) is 0.863. The molecule has 19 heavy (non-hydrogen) atoms. The SMILES string of the molecule is FC(F)(F)c1ccnc(NCC2CCCC2CCl)n1. The average molecular weight is 294 g/mol. The van der Waals surface area contributed by atoms with Gasteiger partial charge in [0.2, 0.25) is 5.95 Å². The summed E-state index contributed by atoms with van der Waals surface area (Å²) < 4.78 is 37.5. The minimum absolute atomic E-state index is 0.0232. The number of nitrogens with one attached hydrogen (secondary N) is 1. The number of halogens is 4. The van der Waals surface area contributed by atoms with Crippen LogP contribution in [0, 0.1) is 11.8 Å². The minimum Gasteiger partial charge on any atom is -0.354 e. The van der Waals surface area contributed by atoms with E-state index in [1.54, 1.807) is 0 Å². The van der Waals surface area contributed by atoms with Crippen LogP contribution in [0.2, 0.25) is 0 Å². The fourth-order valence-corrected chi connectivity index (χ4v) is 2.82. The van der Waals surface area contributed by atoms with Gasteiger partial charge in [-0.1, -0.05) is 6.42 Å². The molecule has 1 heterocycles. The normalized spacial score (nSPS) is 23.6. The molecule has 2 unspecified atom stereocenters. The van der Waals surface area contributed by atoms with Gasteiger partial charge in [-0.2, -0.15) is 13.2 Å². The zero-order valence-corrected chi connectivity index (χ0v) is 11.0. The molecule has 0 spiro atoms. The minimum atomic E-state index is -4.44. The number of rotatable bonds is 4. The number of nitrogens with zero attached hydrogens (tertiary/aromatic N) is 2.